The molecule has 236 valence electrons. The van der Waals surface area contributed by atoms with Gasteiger partial charge in [0, 0.05) is 10.8 Å². The molecular weight excluding hydrogens is 617 g/mol. The minimum atomic E-state index is 0.915. The molecule has 51 heavy (non-hydrogen) atoms. The van der Waals surface area contributed by atoms with Gasteiger partial charge in [-0.05, 0) is 105 Å². The Bertz CT molecular complexity index is 3140. The number of rotatable bonds is 3. The second kappa shape index (κ2) is 10.9. The number of hydrogen-bond acceptors (Lipinski definition) is 1. The van der Waals surface area contributed by atoms with Crippen LogP contribution in [-0.4, -0.2) is 0 Å². The Balaban J connectivity index is 1.19. The van der Waals surface area contributed by atoms with E-state index in [1.54, 1.807) is 0 Å². The highest BCUT2D eigenvalue weighted by Crippen LogP contribution is 2.48. The van der Waals surface area contributed by atoms with Crippen LogP contribution in [0.25, 0.3) is 109 Å². The highest BCUT2D eigenvalue weighted by Gasteiger charge is 2.20. The molecule has 0 bridgehead atoms. The van der Waals surface area contributed by atoms with Gasteiger partial charge in [0.25, 0.3) is 0 Å². The molecular formula is C50H30O. The monoisotopic (exact) mass is 646 g/mol. The van der Waals surface area contributed by atoms with E-state index in [9.17, 15) is 0 Å². The molecule has 1 heteroatoms. The lowest BCUT2D eigenvalue weighted by atomic mass is 9.82. The van der Waals surface area contributed by atoms with Gasteiger partial charge in [0.05, 0.1) is 0 Å². The summed E-state index contributed by atoms with van der Waals surface area (Å²) in [6.07, 6.45) is 0. The molecule has 11 rings (SSSR count). The van der Waals surface area contributed by atoms with Crippen molar-refractivity contribution in [2.45, 2.75) is 0 Å². The predicted molar refractivity (Wildman–Crippen MR) is 218 cm³/mol. The van der Waals surface area contributed by atoms with E-state index in [1.165, 1.54) is 87.2 Å². The Morgan fingerprint density at radius 1 is 0.255 bits per heavy atom. The lowest BCUT2D eigenvalue weighted by Crippen LogP contribution is -1.93. The van der Waals surface area contributed by atoms with E-state index in [-0.39, 0.29) is 0 Å². The Morgan fingerprint density at radius 3 is 1.45 bits per heavy atom. The first-order chi connectivity index (χ1) is 25.3. The summed E-state index contributed by atoms with van der Waals surface area (Å²) in [4.78, 5) is 0. The molecule has 0 saturated heterocycles. The number of para-hydroxylation sites is 1. The molecule has 0 saturated carbocycles. The van der Waals surface area contributed by atoms with Gasteiger partial charge in [-0.1, -0.05) is 164 Å². The van der Waals surface area contributed by atoms with Crippen LogP contribution in [0.1, 0.15) is 0 Å². The van der Waals surface area contributed by atoms with Crippen molar-refractivity contribution < 1.29 is 4.42 Å². The van der Waals surface area contributed by atoms with Crippen LogP contribution in [0.4, 0.5) is 0 Å². The van der Waals surface area contributed by atoms with Gasteiger partial charge < -0.3 is 4.42 Å². The van der Waals surface area contributed by atoms with Gasteiger partial charge in [0.2, 0.25) is 0 Å². The lowest BCUT2D eigenvalue weighted by molar-refractivity contribution is 0.669. The van der Waals surface area contributed by atoms with E-state index < -0.39 is 0 Å². The maximum atomic E-state index is 6.17. The number of fused-ring (bicyclic) bond motifs is 9. The van der Waals surface area contributed by atoms with Crippen LogP contribution in [-0.2, 0) is 0 Å². The SMILES string of the molecule is c1ccc2c(c1)ccc1c(-c3c4ccccc4c(-c4ccc(-c5ccc6oc7ccccc7c6c5)c5ccccc45)c4ccccc34)cccc12. The van der Waals surface area contributed by atoms with E-state index in [0.29, 0.717) is 0 Å². The van der Waals surface area contributed by atoms with Crippen LogP contribution in [0, 0.1) is 0 Å². The standard InChI is InChI=1S/C50H30O/c1-2-13-33-31(12-1)24-26-38-36(33)21-11-22-40(38)49-41-17-5-7-19-43(41)50(44-20-8-6-18-42(44)49)45-28-27-34(35-14-3-4-15-37(35)45)32-25-29-48-46(30-32)39-16-9-10-23-47(39)51-48/h1-30H. The largest absolute Gasteiger partial charge is 0.456 e. The molecule has 0 N–H and O–H groups in total. The second-order valence-electron chi connectivity index (χ2n) is 13.5. The summed E-state index contributed by atoms with van der Waals surface area (Å²) in [6.45, 7) is 0. The van der Waals surface area contributed by atoms with Crippen LogP contribution < -0.4 is 0 Å². The quantitative estimate of drug-likeness (QED) is 0.138. The Hall–Kier alpha value is -6.70. The minimum absolute atomic E-state index is 0.915. The fourth-order valence-corrected chi connectivity index (χ4v) is 8.63. The van der Waals surface area contributed by atoms with E-state index in [1.807, 2.05) is 12.1 Å². The molecule has 0 aliphatic rings. The van der Waals surface area contributed by atoms with Crippen LogP contribution in [0.15, 0.2) is 186 Å². The molecule has 1 aromatic heterocycles. The summed E-state index contributed by atoms with van der Waals surface area (Å²) < 4.78 is 6.17. The maximum absolute atomic E-state index is 6.17. The molecule has 1 heterocycles. The molecule has 0 fully saturated rings. The van der Waals surface area contributed by atoms with Crippen LogP contribution >= 0.6 is 0 Å². The first kappa shape index (κ1) is 28.2. The summed E-state index contributed by atoms with van der Waals surface area (Å²) in [5.41, 5.74) is 9.30. The second-order valence-corrected chi connectivity index (χ2v) is 13.5. The van der Waals surface area contributed by atoms with Gasteiger partial charge in [0.1, 0.15) is 11.2 Å². The van der Waals surface area contributed by atoms with Crippen molar-refractivity contribution in [2.75, 3.05) is 0 Å². The van der Waals surface area contributed by atoms with E-state index in [0.717, 1.165) is 21.9 Å². The first-order valence-corrected chi connectivity index (χ1v) is 17.6. The van der Waals surface area contributed by atoms with Crippen LogP contribution in [0.3, 0.4) is 0 Å². The number of benzene rings is 10. The van der Waals surface area contributed by atoms with Crippen molar-refractivity contribution in [1.29, 1.82) is 0 Å². The van der Waals surface area contributed by atoms with Crippen molar-refractivity contribution in [1.82, 2.24) is 0 Å². The van der Waals surface area contributed by atoms with Crippen molar-refractivity contribution in [3.05, 3.63) is 182 Å². The van der Waals surface area contributed by atoms with E-state index in [4.69, 9.17) is 4.42 Å². The van der Waals surface area contributed by atoms with Crippen molar-refractivity contribution in [2.24, 2.45) is 0 Å². The Morgan fingerprint density at radius 2 is 0.745 bits per heavy atom. The van der Waals surface area contributed by atoms with Gasteiger partial charge in [-0.15, -0.1) is 0 Å². The Kier molecular flexibility index (Phi) is 6.02. The lowest BCUT2D eigenvalue weighted by Gasteiger charge is -2.20. The maximum Gasteiger partial charge on any atom is 0.135 e. The molecule has 11 aromatic rings. The van der Waals surface area contributed by atoms with Crippen molar-refractivity contribution >= 4 is 75.8 Å². The van der Waals surface area contributed by atoms with E-state index in [2.05, 4.69) is 170 Å². The third-order valence-corrected chi connectivity index (χ3v) is 10.9. The zero-order valence-electron chi connectivity index (χ0n) is 27.7. The fourth-order valence-electron chi connectivity index (χ4n) is 8.63. The van der Waals surface area contributed by atoms with Gasteiger partial charge in [-0.25, -0.2) is 0 Å². The van der Waals surface area contributed by atoms with Gasteiger partial charge in [0.15, 0.2) is 0 Å². The molecule has 0 spiro atoms. The average molecular weight is 647 g/mol. The molecule has 10 aromatic carbocycles. The summed E-state index contributed by atoms with van der Waals surface area (Å²) in [5, 5.41) is 14.9. The zero-order valence-corrected chi connectivity index (χ0v) is 27.7. The minimum Gasteiger partial charge on any atom is -0.456 e. The zero-order chi connectivity index (χ0) is 33.5. The van der Waals surface area contributed by atoms with E-state index >= 15 is 0 Å². The summed E-state index contributed by atoms with van der Waals surface area (Å²) in [5.74, 6) is 0. The summed E-state index contributed by atoms with van der Waals surface area (Å²) in [6, 6.07) is 66.4. The Labute approximate surface area is 294 Å². The smallest absolute Gasteiger partial charge is 0.135 e. The highest BCUT2D eigenvalue weighted by atomic mass is 16.3. The molecule has 0 aliphatic carbocycles. The van der Waals surface area contributed by atoms with Gasteiger partial charge >= 0.3 is 0 Å². The van der Waals surface area contributed by atoms with Crippen LogP contribution in [0.5, 0.6) is 0 Å². The number of furan rings is 1. The molecule has 0 atom stereocenters. The molecule has 1 nitrogen and oxygen atoms in total. The molecule has 0 radical (unpaired) electrons. The molecule has 0 unspecified atom stereocenters. The predicted octanol–water partition coefficient (Wildman–Crippen LogP) is 14.4. The highest BCUT2D eigenvalue weighted by molar-refractivity contribution is 6.26. The van der Waals surface area contributed by atoms with Crippen molar-refractivity contribution in [3.63, 3.8) is 0 Å². The van der Waals surface area contributed by atoms with Gasteiger partial charge in [-0.3, -0.25) is 0 Å². The van der Waals surface area contributed by atoms with Gasteiger partial charge in [-0.2, -0.15) is 0 Å². The first-order valence-electron chi connectivity index (χ1n) is 17.6. The topological polar surface area (TPSA) is 13.1 Å². The fraction of sp³-hybridized carbons (Fsp3) is 0. The van der Waals surface area contributed by atoms with Crippen LogP contribution in [0.2, 0.25) is 0 Å². The average Bonchev–Trinajstić information content (AvgIpc) is 3.57. The molecule has 0 amide bonds. The third kappa shape index (κ3) is 4.16. The number of hydrogen-bond donors (Lipinski definition) is 0. The summed E-state index contributed by atoms with van der Waals surface area (Å²) in [7, 11) is 0. The summed E-state index contributed by atoms with van der Waals surface area (Å²) >= 11 is 0. The molecule has 0 aliphatic heterocycles. The van der Waals surface area contributed by atoms with Crippen molar-refractivity contribution in [3.8, 4) is 33.4 Å². The third-order valence-electron chi connectivity index (χ3n) is 10.9. The normalized spacial score (nSPS) is 11.9.